The molecule has 7 nitrogen and oxygen atoms in total. The van der Waals surface area contributed by atoms with Gasteiger partial charge in [0.15, 0.2) is 11.6 Å². The molecular weight excluding hydrogens is 409 g/mol. The summed E-state index contributed by atoms with van der Waals surface area (Å²) in [5, 5.41) is 2.63. The van der Waals surface area contributed by atoms with Crippen LogP contribution in [0.3, 0.4) is 0 Å². The molecule has 1 aliphatic rings. The van der Waals surface area contributed by atoms with Crippen LogP contribution < -0.4 is 10.1 Å². The Hall–Kier alpha value is -3.20. The maximum absolute atomic E-state index is 13.7. The first-order chi connectivity index (χ1) is 14.3. The van der Waals surface area contributed by atoms with Gasteiger partial charge in [-0.15, -0.1) is 4.40 Å². The van der Waals surface area contributed by atoms with E-state index in [-0.39, 0.29) is 10.6 Å². The molecule has 1 heterocycles. The maximum Gasteiger partial charge on any atom is 0.283 e. The minimum Gasteiger partial charge on any atom is -0.494 e. The first-order valence-electron chi connectivity index (χ1n) is 9.26. The Morgan fingerprint density at radius 1 is 1.23 bits per heavy atom. The number of carbonyl (C=O) groups is 1. The molecular formula is C21H22FN3O4S. The fourth-order valence-electron chi connectivity index (χ4n) is 2.95. The van der Waals surface area contributed by atoms with Crippen molar-refractivity contribution in [1.29, 1.82) is 0 Å². The molecule has 158 valence electrons. The topological polar surface area (TPSA) is 88.1 Å². The molecule has 1 fully saturated rings. The number of hydrogen-bond acceptors (Lipinski definition) is 4. The summed E-state index contributed by atoms with van der Waals surface area (Å²) in [7, 11) is -0.618. The van der Waals surface area contributed by atoms with Crippen molar-refractivity contribution in [1.82, 2.24) is 4.90 Å². The Labute approximate surface area is 174 Å². The summed E-state index contributed by atoms with van der Waals surface area (Å²) in [4.78, 5) is 14.0. The second kappa shape index (κ2) is 9.08. The summed E-state index contributed by atoms with van der Waals surface area (Å²) in [6.45, 7) is 0.788. The van der Waals surface area contributed by atoms with E-state index in [0.29, 0.717) is 23.5 Å². The number of anilines is 1. The number of rotatable bonds is 6. The monoisotopic (exact) mass is 431 g/mol. The van der Waals surface area contributed by atoms with Crippen molar-refractivity contribution >= 4 is 33.5 Å². The van der Waals surface area contributed by atoms with Crippen LogP contribution in [-0.2, 0) is 14.8 Å². The van der Waals surface area contributed by atoms with Gasteiger partial charge in [0.05, 0.1) is 12.0 Å². The molecule has 9 heteroatoms. The van der Waals surface area contributed by atoms with Gasteiger partial charge >= 0.3 is 0 Å². The lowest BCUT2D eigenvalue weighted by Crippen LogP contribution is -2.20. The second-order valence-electron chi connectivity index (χ2n) is 6.75. The van der Waals surface area contributed by atoms with Crippen molar-refractivity contribution in [2.75, 3.05) is 26.0 Å². The largest absolute Gasteiger partial charge is 0.494 e. The molecule has 1 aliphatic heterocycles. The zero-order valence-corrected chi connectivity index (χ0v) is 17.4. The van der Waals surface area contributed by atoms with Crippen LogP contribution in [0.2, 0.25) is 0 Å². The average Bonchev–Trinajstić information content (AvgIpc) is 3.11. The zero-order chi connectivity index (χ0) is 21.7. The number of amidine groups is 1. The summed E-state index contributed by atoms with van der Waals surface area (Å²) in [6, 6.07) is 10.1. The third kappa shape index (κ3) is 5.24. The zero-order valence-electron chi connectivity index (χ0n) is 16.6. The highest BCUT2D eigenvalue weighted by atomic mass is 32.2. The fourth-order valence-corrected chi connectivity index (χ4v) is 4.05. The quantitative estimate of drug-likeness (QED) is 0.709. The van der Waals surface area contributed by atoms with Gasteiger partial charge in [-0.2, -0.15) is 8.42 Å². The third-order valence-electron chi connectivity index (χ3n) is 4.58. The van der Waals surface area contributed by atoms with E-state index in [1.807, 2.05) is 11.9 Å². The minimum absolute atomic E-state index is 0.0533. The van der Waals surface area contributed by atoms with Gasteiger partial charge in [0.1, 0.15) is 5.84 Å². The molecule has 2 aromatic carbocycles. The van der Waals surface area contributed by atoms with Crippen LogP contribution in [0.4, 0.5) is 10.1 Å². The Kier molecular flexibility index (Phi) is 6.51. The highest BCUT2D eigenvalue weighted by Crippen LogP contribution is 2.20. The Balaban J connectivity index is 1.65. The van der Waals surface area contributed by atoms with Crippen LogP contribution >= 0.6 is 0 Å². The highest BCUT2D eigenvalue weighted by Gasteiger charge is 2.20. The van der Waals surface area contributed by atoms with Gasteiger partial charge in [0.2, 0.25) is 5.91 Å². The molecule has 0 radical (unpaired) electrons. The van der Waals surface area contributed by atoms with Crippen LogP contribution in [-0.4, -0.2) is 45.8 Å². The molecule has 2 aromatic rings. The first-order valence-corrected chi connectivity index (χ1v) is 10.7. The standard InChI is InChI=1S/C21H22FN3O4S/c1-25-13-3-4-20(25)24-30(27,28)17-9-7-16(8-10-17)23-21(26)12-6-15-5-11-19(29-2)18(22)14-15/h5-12,14H,3-4,13H2,1-2H3,(H,23,26). The van der Waals surface area contributed by atoms with E-state index in [1.54, 1.807) is 6.07 Å². The molecule has 0 bridgehead atoms. The van der Waals surface area contributed by atoms with Gasteiger partial charge in [-0.25, -0.2) is 4.39 Å². The number of halogens is 1. The summed E-state index contributed by atoms with van der Waals surface area (Å²) < 4.78 is 47.3. The van der Waals surface area contributed by atoms with Crippen molar-refractivity contribution in [2.24, 2.45) is 4.40 Å². The molecule has 0 spiro atoms. The predicted octanol–water partition coefficient (Wildman–Crippen LogP) is 3.30. The Morgan fingerprint density at radius 3 is 2.57 bits per heavy atom. The number of likely N-dealkylation sites (tertiary alicyclic amines) is 1. The van der Waals surface area contributed by atoms with Crippen LogP contribution in [0, 0.1) is 5.82 Å². The molecule has 0 saturated carbocycles. The molecule has 0 atom stereocenters. The Bertz CT molecular complexity index is 1100. The number of nitrogens with one attached hydrogen (secondary N) is 1. The van der Waals surface area contributed by atoms with Gasteiger partial charge < -0.3 is 15.0 Å². The van der Waals surface area contributed by atoms with Crippen molar-refractivity contribution in [3.63, 3.8) is 0 Å². The van der Waals surface area contributed by atoms with E-state index in [1.165, 1.54) is 55.7 Å². The van der Waals surface area contributed by atoms with E-state index in [2.05, 4.69) is 9.71 Å². The number of sulfonamides is 1. The van der Waals surface area contributed by atoms with Gasteiger partial charge in [-0.1, -0.05) is 6.07 Å². The molecule has 0 aromatic heterocycles. The summed E-state index contributed by atoms with van der Waals surface area (Å²) in [5.74, 6) is -0.289. The van der Waals surface area contributed by atoms with Crippen molar-refractivity contribution in [3.8, 4) is 5.75 Å². The molecule has 1 N–H and O–H groups in total. The summed E-state index contributed by atoms with van der Waals surface area (Å²) >= 11 is 0. The van der Waals surface area contributed by atoms with Crippen LogP contribution in [0.5, 0.6) is 5.75 Å². The second-order valence-corrected chi connectivity index (χ2v) is 8.35. The normalized spacial score (nSPS) is 15.7. The highest BCUT2D eigenvalue weighted by molar-refractivity contribution is 7.90. The van der Waals surface area contributed by atoms with E-state index in [4.69, 9.17) is 4.74 Å². The van der Waals surface area contributed by atoms with Crippen LogP contribution in [0.15, 0.2) is 57.8 Å². The lowest BCUT2D eigenvalue weighted by Gasteiger charge is -2.11. The number of benzene rings is 2. The number of ether oxygens (including phenoxy) is 1. The predicted molar refractivity (Wildman–Crippen MR) is 114 cm³/mol. The average molecular weight is 431 g/mol. The summed E-state index contributed by atoms with van der Waals surface area (Å²) in [6.07, 6.45) is 4.24. The van der Waals surface area contributed by atoms with Gasteiger partial charge in [-0.05, 0) is 54.5 Å². The van der Waals surface area contributed by atoms with Crippen LogP contribution in [0.25, 0.3) is 6.08 Å². The third-order valence-corrected chi connectivity index (χ3v) is 5.90. The number of amides is 1. The van der Waals surface area contributed by atoms with E-state index >= 15 is 0 Å². The number of methoxy groups -OCH3 is 1. The van der Waals surface area contributed by atoms with Crippen molar-refractivity contribution in [3.05, 3.63) is 59.9 Å². The van der Waals surface area contributed by atoms with E-state index in [9.17, 15) is 17.6 Å². The molecule has 0 aliphatic carbocycles. The lowest BCUT2D eigenvalue weighted by atomic mass is 10.2. The smallest absolute Gasteiger partial charge is 0.283 e. The van der Waals surface area contributed by atoms with Crippen molar-refractivity contribution < 1.29 is 22.3 Å². The molecule has 0 unspecified atom stereocenters. The number of nitrogens with zero attached hydrogens (tertiary/aromatic N) is 2. The van der Waals surface area contributed by atoms with E-state index < -0.39 is 21.7 Å². The lowest BCUT2D eigenvalue weighted by molar-refractivity contribution is -0.111. The van der Waals surface area contributed by atoms with Gasteiger partial charge in [0.25, 0.3) is 10.0 Å². The van der Waals surface area contributed by atoms with Crippen LogP contribution in [0.1, 0.15) is 18.4 Å². The molecule has 1 amide bonds. The number of carbonyl (C=O) groups excluding carboxylic acids is 1. The summed E-state index contributed by atoms with van der Waals surface area (Å²) in [5.41, 5.74) is 0.927. The van der Waals surface area contributed by atoms with Gasteiger partial charge in [0, 0.05) is 31.8 Å². The molecule has 1 saturated heterocycles. The maximum atomic E-state index is 13.7. The molecule has 3 rings (SSSR count). The first kappa shape index (κ1) is 21.5. The SMILES string of the molecule is COc1ccc(C=CC(=O)Nc2ccc(S(=O)(=O)N=C3CCCN3C)cc2)cc1F. The minimum atomic E-state index is -3.80. The fraction of sp³-hybridized carbons (Fsp3) is 0.238. The van der Waals surface area contributed by atoms with Gasteiger partial charge in [-0.3, -0.25) is 4.79 Å². The van der Waals surface area contributed by atoms with E-state index in [0.717, 1.165) is 13.0 Å². The van der Waals surface area contributed by atoms with Crippen molar-refractivity contribution in [2.45, 2.75) is 17.7 Å². The Morgan fingerprint density at radius 2 is 1.97 bits per heavy atom. The number of hydrogen-bond donors (Lipinski definition) is 1. The molecule has 30 heavy (non-hydrogen) atoms.